The molecule has 0 unspecified atom stereocenters. The number of halogens is 4. The van der Waals surface area contributed by atoms with Gasteiger partial charge in [0.15, 0.2) is 0 Å². The molecule has 0 N–H and O–H groups in total. The van der Waals surface area contributed by atoms with Crippen LogP contribution >= 0.6 is 0 Å². The minimum Gasteiger partial charge on any atom is -1.00 e. The van der Waals surface area contributed by atoms with Crippen molar-refractivity contribution < 1.29 is 44.2 Å². The Labute approximate surface area is 156 Å². The van der Waals surface area contributed by atoms with E-state index < -0.39 is 6.36 Å². The number of likely N-dealkylation sites (N-methyl/N-ethyl adjacent to an activating group) is 1. The first-order chi connectivity index (χ1) is 11.3. The zero-order valence-corrected chi connectivity index (χ0v) is 16.1. The van der Waals surface area contributed by atoms with Crippen molar-refractivity contribution in [3.8, 4) is 5.75 Å². The lowest BCUT2D eigenvalue weighted by Gasteiger charge is -2.44. The Balaban J connectivity index is 0.00000312. The fourth-order valence-corrected chi connectivity index (χ4v) is 3.18. The summed E-state index contributed by atoms with van der Waals surface area (Å²) in [6.45, 7) is 8.45. The summed E-state index contributed by atoms with van der Waals surface area (Å²) < 4.78 is 41.9. The zero-order chi connectivity index (χ0) is 17.8. The van der Waals surface area contributed by atoms with E-state index >= 15 is 0 Å². The highest BCUT2D eigenvalue weighted by Crippen LogP contribution is 2.25. The van der Waals surface area contributed by atoms with Crippen LogP contribution in [0.15, 0.2) is 24.3 Å². The van der Waals surface area contributed by atoms with Crippen molar-refractivity contribution in [1.82, 2.24) is 4.90 Å². The standard InChI is InChI=1S/C17H24F3N2O2.BrH/c1-3-16(23)21-8-10-22(4-2,11-9-21)13-14-6-5-7-15(12-14)24-17(18,19)20;/h5-7,12H,3-4,8-11,13H2,1-2H3;1H/q+1;/p-1. The quantitative estimate of drug-likeness (QED) is 0.631. The normalized spacial score (nSPS) is 16.9. The maximum absolute atomic E-state index is 12.4. The van der Waals surface area contributed by atoms with Crippen LogP contribution in [0.25, 0.3) is 0 Å². The number of carbonyl (C=O) groups is 1. The van der Waals surface area contributed by atoms with Crippen molar-refractivity contribution >= 4 is 5.91 Å². The highest BCUT2D eigenvalue weighted by Gasteiger charge is 2.34. The summed E-state index contributed by atoms with van der Waals surface area (Å²) in [7, 11) is 0. The van der Waals surface area contributed by atoms with Gasteiger partial charge in [0.05, 0.1) is 32.7 Å². The summed E-state index contributed by atoms with van der Waals surface area (Å²) >= 11 is 0. The highest BCUT2D eigenvalue weighted by atomic mass is 79.9. The van der Waals surface area contributed by atoms with Gasteiger partial charge in [-0.15, -0.1) is 13.2 Å². The number of alkyl halides is 3. The van der Waals surface area contributed by atoms with E-state index in [1.165, 1.54) is 12.1 Å². The van der Waals surface area contributed by atoms with Gasteiger partial charge in [0.25, 0.3) is 0 Å². The number of benzene rings is 1. The summed E-state index contributed by atoms with van der Waals surface area (Å²) in [5.74, 6) is -0.0291. The molecule has 25 heavy (non-hydrogen) atoms. The van der Waals surface area contributed by atoms with Gasteiger partial charge in [-0.1, -0.05) is 19.1 Å². The number of ether oxygens (including phenoxy) is 1. The molecule has 1 heterocycles. The van der Waals surface area contributed by atoms with Crippen molar-refractivity contribution in [3.05, 3.63) is 29.8 Å². The first-order valence-electron chi connectivity index (χ1n) is 8.24. The molecule has 1 aromatic rings. The van der Waals surface area contributed by atoms with E-state index in [4.69, 9.17) is 0 Å². The second-order valence-corrected chi connectivity index (χ2v) is 6.19. The Morgan fingerprint density at radius 1 is 1.24 bits per heavy atom. The van der Waals surface area contributed by atoms with E-state index in [1.54, 1.807) is 6.07 Å². The number of carbonyl (C=O) groups excluding carboxylic acids is 1. The Hall–Kier alpha value is -1.28. The summed E-state index contributed by atoms with van der Waals surface area (Å²) in [5, 5.41) is 0. The number of rotatable bonds is 5. The van der Waals surface area contributed by atoms with Crippen LogP contribution < -0.4 is 21.7 Å². The molecule has 0 radical (unpaired) electrons. The summed E-state index contributed by atoms with van der Waals surface area (Å²) in [4.78, 5) is 13.7. The third-order valence-corrected chi connectivity index (χ3v) is 4.66. The molecule has 0 atom stereocenters. The van der Waals surface area contributed by atoms with E-state index in [0.717, 1.165) is 29.7 Å². The molecule has 0 bridgehead atoms. The van der Waals surface area contributed by atoms with Gasteiger partial charge in [-0.05, 0) is 19.1 Å². The van der Waals surface area contributed by atoms with Gasteiger partial charge in [-0.2, -0.15) is 0 Å². The SMILES string of the molecule is CCC(=O)N1CC[N+](CC)(Cc2cccc(OC(F)(F)F)c2)CC1.[Br-]. The lowest BCUT2D eigenvalue weighted by molar-refractivity contribution is -0.942. The second-order valence-electron chi connectivity index (χ2n) is 6.19. The number of piperazine rings is 1. The molecule has 1 aromatic carbocycles. The monoisotopic (exact) mass is 424 g/mol. The second kappa shape index (κ2) is 8.89. The van der Waals surface area contributed by atoms with Gasteiger partial charge in [0, 0.05) is 12.0 Å². The Bertz CT molecular complexity index is 573. The maximum Gasteiger partial charge on any atom is 0.573 e. The minimum absolute atomic E-state index is 0. The average Bonchev–Trinajstić information content (AvgIpc) is 2.53. The number of amides is 1. The fourth-order valence-electron chi connectivity index (χ4n) is 3.18. The number of nitrogens with zero attached hydrogens (tertiary/aromatic N) is 2. The van der Waals surface area contributed by atoms with E-state index in [1.807, 2.05) is 17.9 Å². The molecule has 0 aliphatic carbocycles. The van der Waals surface area contributed by atoms with Crippen molar-refractivity contribution in [2.45, 2.75) is 33.2 Å². The predicted octanol–water partition coefficient (Wildman–Crippen LogP) is 0.178. The van der Waals surface area contributed by atoms with Crippen molar-refractivity contribution in [2.75, 3.05) is 32.7 Å². The van der Waals surface area contributed by atoms with Crippen LogP contribution in [0.2, 0.25) is 0 Å². The molecule has 0 spiro atoms. The van der Waals surface area contributed by atoms with Crippen LogP contribution in [0.4, 0.5) is 13.2 Å². The third-order valence-electron chi connectivity index (χ3n) is 4.66. The number of quaternary nitrogens is 1. The summed E-state index contributed by atoms with van der Waals surface area (Å²) in [6.07, 6.45) is -4.18. The van der Waals surface area contributed by atoms with E-state index in [-0.39, 0.29) is 28.6 Å². The molecule has 2 rings (SSSR count). The van der Waals surface area contributed by atoms with Crippen LogP contribution in [0, 0.1) is 0 Å². The van der Waals surface area contributed by atoms with Crippen molar-refractivity contribution in [3.63, 3.8) is 0 Å². The first-order valence-corrected chi connectivity index (χ1v) is 8.24. The van der Waals surface area contributed by atoms with Crippen LogP contribution in [-0.4, -0.2) is 54.4 Å². The third kappa shape index (κ3) is 6.18. The predicted molar refractivity (Wildman–Crippen MR) is 84.2 cm³/mol. The maximum atomic E-state index is 12.4. The van der Waals surface area contributed by atoms with Crippen LogP contribution in [0.3, 0.4) is 0 Å². The van der Waals surface area contributed by atoms with E-state index in [2.05, 4.69) is 11.7 Å². The van der Waals surface area contributed by atoms with E-state index in [0.29, 0.717) is 26.1 Å². The van der Waals surface area contributed by atoms with Gasteiger partial charge >= 0.3 is 6.36 Å². The Morgan fingerprint density at radius 3 is 2.40 bits per heavy atom. The molecule has 1 fully saturated rings. The van der Waals surface area contributed by atoms with Crippen molar-refractivity contribution in [2.24, 2.45) is 0 Å². The fraction of sp³-hybridized carbons (Fsp3) is 0.588. The number of hydrogen-bond donors (Lipinski definition) is 0. The number of hydrogen-bond acceptors (Lipinski definition) is 2. The lowest BCUT2D eigenvalue weighted by atomic mass is 10.1. The van der Waals surface area contributed by atoms with Crippen LogP contribution in [0.5, 0.6) is 5.75 Å². The molecule has 1 aliphatic rings. The van der Waals surface area contributed by atoms with Gasteiger partial charge < -0.3 is 31.1 Å². The zero-order valence-electron chi connectivity index (χ0n) is 14.5. The highest BCUT2D eigenvalue weighted by molar-refractivity contribution is 5.75. The molecule has 1 saturated heterocycles. The van der Waals surface area contributed by atoms with Crippen LogP contribution in [0.1, 0.15) is 25.8 Å². The smallest absolute Gasteiger partial charge is 0.573 e. The Morgan fingerprint density at radius 2 is 1.88 bits per heavy atom. The topological polar surface area (TPSA) is 29.5 Å². The lowest BCUT2D eigenvalue weighted by Crippen LogP contribution is -3.00. The minimum atomic E-state index is -4.68. The molecule has 1 amide bonds. The summed E-state index contributed by atoms with van der Waals surface area (Å²) in [6, 6.07) is 6.17. The molecule has 1 aliphatic heterocycles. The van der Waals surface area contributed by atoms with Gasteiger partial charge in [-0.3, -0.25) is 4.79 Å². The first kappa shape index (κ1) is 21.8. The van der Waals surface area contributed by atoms with E-state index in [9.17, 15) is 18.0 Å². The molecular weight excluding hydrogens is 401 g/mol. The average molecular weight is 425 g/mol. The molecule has 0 saturated carbocycles. The summed E-state index contributed by atoms with van der Waals surface area (Å²) in [5.41, 5.74) is 0.814. The van der Waals surface area contributed by atoms with Gasteiger partial charge in [-0.25, -0.2) is 0 Å². The van der Waals surface area contributed by atoms with Crippen LogP contribution in [-0.2, 0) is 11.3 Å². The molecule has 142 valence electrons. The molecule has 0 aromatic heterocycles. The molecule has 4 nitrogen and oxygen atoms in total. The Kier molecular flexibility index (Phi) is 7.74. The molecule has 8 heteroatoms. The van der Waals surface area contributed by atoms with Gasteiger partial charge in [0.2, 0.25) is 5.91 Å². The van der Waals surface area contributed by atoms with Gasteiger partial charge in [0.1, 0.15) is 12.3 Å². The van der Waals surface area contributed by atoms with Crippen molar-refractivity contribution in [1.29, 1.82) is 0 Å². The molecular formula is C17H24BrF3N2O2. The largest absolute Gasteiger partial charge is 1.00 e.